The molecule has 0 aromatic carbocycles. The van der Waals surface area contributed by atoms with Gasteiger partial charge in [-0.05, 0) is 38.5 Å². The van der Waals surface area contributed by atoms with Crippen LogP contribution in [0.1, 0.15) is 39.0 Å². The fourth-order valence-corrected chi connectivity index (χ4v) is 2.23. The predicted octanol–water partition coefficient (Wildman–Crippen LogP) is 3.37. The molecule has 1 fully saturated rings. The largest absolute Gasteiger partial charge is 0.382 e. The lowest BCUT2D eigenvalue weighted by molar-refractivity contribution is 0.143. The lowest BCUT2D eigenvalue weighted by atomic mass is 10.1. The fraction of sp³-hybridized carbons (Fsp3) is 1.00. The van der Waals surface area contributed by atoms with Crippen molar-refractivity contribution >= 4 is 15.9 Å². The van der Waals surface area contributed by atoms with Gasteiger partial charge in [-0.25, -0.2) is 0 Å². The van der Waals surface area contributed by atoms with Gasteiger partial charge in [-0.15, -0.1) is 0 Å². The Morgan fingerprint density at radius 1 is 1.42 bits per heavy atom. The summed E-state index contributed by atoms with van der Waals surface area (Å²) in [5, 5.41) is 0. The van der Waals surface area contributed by atoms with Gasteiger partial charge in [-0.3, -0.25) is 0 Å². The van der Waals surface area contributed by atoms with E-state index in [0.29, 0.717) is 0 Å². The van der Waals surface area contributed by atoms with Crippen molar-refractivity contribution in [3.8, 4) is 0 Å². The number of hydrogen-bond donors (Lipinski definition) is 0. The Morgan fingerprint density at radius 2 is 2.17 bits per heavy atom. The van der Waals surface area contributed by atoms with E-state index in [1.165, 1.54) is 32.1 Å². The molecule has 0 aliphatic heterocycles. The first-order valence-electron chi connectivity index (χ1n) is 5.06. The minimum Gasteiger partial charge on any atom is -0.382 e. The molecule has 12 heavy (non-hydrogen) atoms. The van der Waals surface area contributed by atoms with Crippen molar-refractivity contribution < 1.29 is 4.74 Å². The van der Waals surface area contributed by atoms with Crippen LogP contribution in [-0.2, 0) is 4.74 Å². The molecule has 2 heteroatoms. The number of hydrogen-bond acceptors (Lipinski definition) is 1. The molecule has 0 saturated heterocycles. The van der Waals surface area contributed by atoms with Gasteiger partial charge in [0.05, 0.1) is 0 Å². The smallest absolute Gasteiger partial charge is 0.0465 e. The monoisotopic (exact) mass is 234 g/mol. The standard InChI is InChI=1S/C10H19BrO/c1-2-12-8-4-3-5-10(11)9-6-7-9/h9-10H,2-8H2,1H3. The Bertz CT molecular complexity index is 112. The topological polar surface area (TPSA) is 9.23 Å². The maximum absolute atomic E-state index is 5.28. The molecule has 0 heterocycles. The minimum absolute atomic E-state index is 0.791. The second kappa shape index (κ2) is 5.98. The highest BCUT2D eigenvalue weighted by molar-refractivity contribution is 9.09. The second-order valence-corrected chi connectivity index (χ2v) is 4.72. The van der Waals surface area contributed by atoms with Crippen molar-refractivity contribution in [3.05, 3.63) is 0 Å². The van der Waals surface area contributed by atoms with E-state index >= 15 is 0 Å². The molecule has 0 radical (unpaired) electrons. The van der Waals surface area contributed by atoms with Crippen molar-refractivity contribution in [2.75, 3.05) is 13.2 Å². The normalized spacial score (nSPS) is 19.5. The van der Waals surface area contributed by atoms with Crippen molar-refractivity contribution in [3.63, 3.8) is 0 Å². The first-order valence-corrected chi connectivity index (χ1v) is 5.98. The Kier molecular flexibility index (Phi) is 5.24. The average Bonchev–Trinajstić information content (AvgIpc) is 2.86. The number of alkyl halides is 1. The summed E-state index contributed by atoms with van der Waals surface area (Å²) < 4.78 is 5.28. The first kappa shape index (κ1) is 10.5. The summed E-state index contributed by atoms with van der Waals surface area (Å²) in [5.41, 5.74) is 0. The molecule has 1 rings (SSSR count). The van der Waals surface area contributed by atoms with E-state index in [9.17, 15) is 0 Å². The van der Waals surface area contributed by atoms with Crippen LogP contribution in [0.3, 0.4) is 0 Å². The quantitative estimate of drug-likeness (QED) is 0.485. The molecule has 0 spiro atoms. The van der Waals surface area contributed by atoms with Gasteiger partial charge in [0.15, 0.2) is 0 Å². The van der Waals surface area contributed by atoms with E-state index in [0.717, 1.165) is 24.0 Å². The fourth-order valence-electron chi connectivity index (χ4n) is 1.38. The van der Waals surface area contributed by atoms with Gasteiger partial charge >= 0.3 is 0 Å². The Labute approximate surface area is 84.0 Å². The molecule has 0 amide bonds. The zero-order chi connectivity index (χ0) is 8.81. The van der Waals surface area contributed by atoms with E-state index in [4.69, 9.17) is 4.74 Å². The van der Waals surface area contributed by atoms with Crippen molar-refractivity contribution in [2.45, 2.75) is 43.9 Å². The lowest BCUT2D eigenvalue weighted by Crippen LogP contribution is -2.01. The molecule has 1 nitrogen and oxygen atoms in total. The van der Waals surface area contributed by atoms with Crippen molar-refractivity contribution in [1.29, 1.82) is 0 Å². The summed E-state index contributed by atoms with van der Waals surface area (Å²) in [6.07, 6.45) is 6.76. The molecular formula is C10H19BrO. The minimum atomic E-state index is 0.791. The summed E-state index contributed by atoms with van der Waals surface area (Å²) in [6, 6.07) is 0. The Morgan fingerprint density at radius 3 is 2.75 bits per heavy atom. The predicted molar refractivity (Wildman–Crippen MR) is 55.8 cm³/mol. The van der Waals surface area contributed by atoms with E-state index in [1.54, 1.807) is 0 Å². The third-order valence-corrected chi connectivity index (χ3v) is 3.56. The van der Waals surface area contributed by atoms with Crippen LogP contribution in [0.15, 0.2) is 0 Å². The highest BCUT2D eigenvalue weighted by Gasteiger charge is 2.28. The maximum Gasteiger partial charge on any atom is 0.0465 e. The summed E-state index contributed by atoms with van der Waals surface area (Å²) in [6.45, 7) is 3.86. The highest BCUT2D eigenvalue weighted by Crippen LogP contribution is 2.38. The first-order chi connectivity index (χ1) is 5.84. The van der Waals surface area contributed by atoms with Gasteiger partial charge in [0.25, 0.3) is 0 Å². The van der Waals surface area contributed by atoms with Crippen LogP contribution in [0.2, 0.25) is 0 Å². The van der Waals surface area contributed by atoms with Crippen LogP contribution < -0.4 is 0 Å². The Balaban J connectivity index is 1.81. The van der Waals surface area contributed by atoms with Gasteiger partial charge in [0.2, 0.25) is 0 Å². The Hall–Kier alpha value is 0.440. The van der Waals surface area contributed by atoms with E-state index < -0.39 is 0 Å². The average molecular weight is 235 g/mol. The van der Waals surface area contributed by atoms with Gasteiger partial charge in [-0.1, -0.05) is 22.4 Å². The van der Waals surface area contributed by atoms with Crippen LogP contribution in [-0.4, -0.2) is 18.0 Å². The number of unbranched alkanes of at least 4 members (excludes halogenated alkanes) is 1. The lowest BCUT2D eigenvalue weighted by Gasteiger charge is -2.07. The van der Waals surface area contributed by atoms with Gasteiger partial charge in [0.1, 0.15) is 0 Å². The third kappa shape index (κ3) is 4.46. The highest BCUT2D eigenvalue weighted by atomic mass is 79.9. The summed E-state index contributed by atoms with van der Waals surface area (Å²) in [7, 11) is 0. The van der Waals surface area contributed by atoms with Crippen molar-refractivity contribution in [1.82, 2.24) is 0 Å². The summed E-state index contributed by atoms with van der Waals surface area (Å²) >= 11 is 3.73. The van der Waals surface area contributed by atoms with Crippen molar-refractivity contribution in [2.24, 2.45) is 5.92 Å². The van der Waals surface area contributed by atoms with Gasteiger partial charge in [-0.2, -0.15) is 0 Å². The molecule has 72 valence electrons. The number of halogens is 1. The van der Waals surface area contributed by atoms with Crippen LogP contribution in [0.5, 0.6) is 0 Å². The zero-order valence-corrected chi connectivity index (χ0v) is 9.48. The molecule has 1 aliphatic rings. The molecule has 0 aromatic heterocycles. The molecular weight excluding hydrogens is 216 g/mol. The van der Waals surface area contributed by atoms with E-state index in [-0.39, 0.29) is 0 Å². The van der Waals surface area contributed by atoms with Gasteiger partial charge in [0, 0.05) is 18.0 Å². The molecule has 0 N–H and O–H groups in total. The molecule has 1 saturated carbocycles. The van der Waals surface area contributed by atoms with Crippen LogP contribution in [0.25, 0.3) is 0 Å². The summed E-state index contributed by atoms with van der Waals surface area (Å²) in [4.78, 5) is 0.791. The number of rotatable bonds is 7. The van der Waals surface area contributed by atoms with E-state index in [1.807, 2.05) is 0 Å². The second-order valence-electron chi connectivity index (χ2n) is 3.55. The molecule has 0 bridgehead atoms. The molecule has 1 aliphatic carbocycles. The summed E-state index contributed by atoms with van der Waals surface area (Å²) in [5.74, 6) is 0.997. The zero-order valence-electron chi connectivity index (χ0n) is 7.89. The van der Waals surface area contributed by atoms with Crippen LogP contribution in [0.4, 0.5) is 0 Å². The maximum atomic E-state index is 5.28. The molecule has 0 aromatic rings. The third-order valence-electron chi connectivity index (χ3n) is 2.36. The SMILES string of the molecule is CCOCCCCC(Br)C1CC1. The molecule has 1 unspecified atom stereocenters. The number of ether oxygens (including phenoxy) is 1. The van der Waals surface area contributed by atoms with Crippen LogP contribution >= 0.6 is 15.9 Å². The van der Waals surface area contributed by atoms with Gasteiger partial charge < -0.3 is 4.74 Å². The van der Waals surface area contributed by atoms with E-state index in [2.05, 4.69) is 22.9 Å². The van der Waals surface area contributed by atoms with Crippen LogP contribution in [0, 0.1) is 5.92 Å². The molecule has 1 atom stereocenters.